The standard InChI is InChI=1S/C18H29N3O3/c1-3-24-17(22)16-12(2)19-18(23)20-14(16)11-21-10-6-9-15(21)13-7-4-5-8-13/h12-13,15H,3-11H2,1-2H3,(H2,19,20,23)/t12-,15+/m1/s1. The molecule has 3 rings (SSSR count). The number of nitrogens with one attached hydrogen (secondary N) is 2. The molecule has 0 spiro atoms. The number of ether oxygens (including phenoxy) is 1. The molecule has 1 saturated carbocycles. The maximum Gasteiger partial charge on any atom is 0.337 e. The maximum atomic E-state index is 12.3. The molecular weight excluding hydrogens is 306 g/mol. The van der Waals surface area contributed by atoms with E-state index in [0.29, 0.717) is 24.8 Å². The monoisotopic (exact) mass is 335 g/mol. The fourth-order valence-electron chi connectivity index (χ4n) is 4.53. The van der Waals surface area contributed by atoms with Crippen LogP contribution >= 0.6 is 0 Å². The van der Waals surface area contributed by atoms with Crippen molar-refractivity contribution in [2.24, 2.45) is 5.92 Å². The number of hydrogen-bond acceptors (Lipinski definition) is 4. The summed E-state index contributed by atoms with van der Waals surface area (Å²) in [5.74, 6) is 0.443. The number of carbonyl (C=O) groups excluding carboxylic acids is 2. The molecule has 1 aliphatic carbocycles. The lowest BCUT2D eigenvalue weighted by Gasteiger charge is -2.33. The van der Waals surface area contributed by atoms with Gasteiger partial charge in [-0.3, -0.25) is 4.90 Å². The number of urea groups is 1. The number of esters is 1. The lowest BCUT2D eigenvalue weighted by Crippen LogP contribution is -2.51. The molecule has 0 radical (unpaired) electrons. The van der Waals surface area contributed by atoms with Crippen LogP contribution in [0.1, 0.15) is 52.4 Å². The molecule has 0 aromatic rings. The van der Waals surface area contributed by atoms with Crippen molar-refractivity contribution in [3.8, 4) is 0 Å². The number of hydrogen-bond donors (Lipinski definition) is 2. The van der Waals surface area contributed by atoms with E-state index < -0.39 is 0 Å². The average Bonchev–Trinajstić information content (AvgIpc) is 3.17. The molecule has 0 unspecified atom stereocenters. The van der Waals surface area contributed by atoms with Crippen LogP contribution < -0.4 is 10.6 Å². The lowest BCUT2D eigenvalue weighted by atomic mass is 9.95. The Morgan fingerprint density at radius 3 is 2.71 bits per heavy atom. The number of nitrogens with zero attached hydrogens (tertiary/aromatic N) is 1. The largest absolute Gasteiger partial charge is 0.463 e. The smallest absolute Gasteiger partial charge is 0.337 e. The van der Waals surface area contributed by atoms with E-state index in [4.69, 9.17) is 4.74 Å². The normalized spacial score (nSPS) is 28.8. The lowest BCUT2D eigenvalue weighted by molar-refractivity contribution is -0.139. The Balaban J connectivity index is 1.79. The van der Waals surface area contributed by atoms with Gasteiger partial charge in [-0.25, -0.2) is 9.59 Å². The molecule has 0 aromatic heterocycles. The van der Waals surface area contributed by atoms with Crippen LogP contribution in [0, 0.1) is 5.92 Å². The minimum absolute atomic E-state index is 0.234. The third-order valence-corrected chi connectivity index (χ3v) is 5.58. The Hall–Kier alpha value is -1.56. The van der Waals surface area contributed by atoms with Crippen LogP contribution in [0.3, 0.4) is 0 Å². The minimum Gasteiger partial charge on any atom is -0.463 e. The zero-order valence-electron chi connectivity index (χ0n) is 14.8. The summed E-state index contributed by atoms with van der Waals surface area (Å²) in [5, 5.41) is 5.62. The number of rotatable bonds is 5. The summed E-state index contributed by atoms with van der Waals surface area (Å²) in [6.07, 6.45) is 7.73. The number of amides is 2. The van der Waals surface area contributed by atoms with Crippen molar-refractivity contribution >= 4 is 12.0 Å². The van der Waals surface area contributed by atoms with Crippen molar-refractivity contribution < 1.29 is 14.3 Å². The SMILES string of the molecule is CCOC(=O)C1=C(CN2CCC[C@H]2C2CCCC2)NC(=O)N[C@@H]1C. The fraction of sp³-hybridized carbons (Fsp3) is 0.778. The summed E-state index contributed by atoms with van der Waals surface area (Å²) in [6.45, 7) is 5.65. The van der Waals surface area contributed by atoms with Gasteiger partial charge in [0, 0.05) is 18.3 Å². The van der Waals surface area contributed by atoms with Gasteiger partial charge in [-0.2, -0.15) is 0 Å². The Morgan fingerprint density at radius 1 is 1.25 bits per heavy atom. The van der Waals surface area contributed by atoms with Crippen LogP contribution in [0.2, 0.25) is 0 Å². The summed E-state index contributed by atoms with van der Waals surface area (Å²) in [7, 11) is 0. The highest BCUT2D eigenvalue weighted by atomic mass is 16.5. The van der Waals surface area contributed by atoms with Gasteiger partial charge in [0.1, 0.15) is 0 Å². The predicted molar refractivity (Wildman–Crippen MR) is 91.3 cm³/mol. The second-order valence-electron chi connectivity index (χ2n) is 7.16. The van der Waals surface area contributed by atoms with Gasteiger partial charge in [0.05, 0.1) is 18.2 Å². The Morgan fingerprint density at radius 2 is 2.00 bits per heavy atom. The summed E-state index contributed by atoms with van der Waals surface area (Å²) < 4.78 is 5.20. The van der Waals surface area contributed by atoms with Crippen LogP contribution in [0.25, 0.3) is 0 Å². The third-order valence-electron chi connectivity index (χ3n) is 5.58. The highest BCUT2D eigenvalue weighted by Crippen LogP contribution is 2.35. The summed E-state index contributed by atoms with van der Waals surface area (Å²) in [6, 6.07) is 0.0352. The van der Waals surface area contributed by atoms with Gasteiger partial charge in [0.2, 0.25) is 0 Å². The highest BCUT2D eigenvalue weighted by molar-refractivity contribution is 5.94. The van der Waals surface area contributed by atoms with Crippen molar-refractivity contribution in [3.05, 3.63) is 11.3 Å². The molecule has 134 valence electrons. The van der Waals surface area contributed by atoms with Gasteiger partial charge in [0.15, 0.2) is 0 Å². The fourth-order valence-corrected chi connectivity index (χ4v) is 4.53. The molecule has 2 amide bonds. The number of likely N-dealkylation sites (tertiary alicyclic amines) is 1. The molecule has 6 heteroatoms. The molecule has 2 fully saturated rings. The van der Waals surface area contributed by atoms with Crippen LogP contribution in [0.5, 0.6) is 0 Å². The highest BCUT2D eigenvalue weighted by Gasteiger charge is 2.36. The summed E-state index contributed by atoms with van der Waals surface area (Å²) >= 11 is 0. The first kappa shape index (κ1) is 17.3. The molecule has 2 atom stereocenters. The Kier molecular flexibility index (Phi) is 5.43. The molecule has 3 aliphatic rings. The van der Waals surface area contributed by atoms with E-state index in [0.717, 1.165) is 18.2 Å². The number of carbonyl (C=O) groups is 2. The van der Waals surface area contributed by atoms with Crippen molar-refractivity contribution in [1.82, 2.24) is 15.5 Å². The van der Waals surface area contributed by atoms with Crippen molar-refractivity contribution in [3.63, 3.8) is 0 Å². The van der Waals surface area contributed by atoms with Gasteiger partial charge >= 0.3 is 12.0 Å². The van der Waals surface area contributed by atoms with Crippen LogP contribution in [-0.4, -0.2) is 48.7 Å². The van der Waals surface area contributed by atoms with E-state index in [9.17, 15) is 9.59 Å². The van der Waals surface area contributed by atoms with Gasteiger partial charge in [-0.1, -0.05) is 12.8 Å². The molecule has 6 nitrogen and oxygen atoms in total. The third kappa shape index (κ3) is 3.58. The maximum absolute atomic E-state index is 12.3. The molecule has 0 bridgehead atoms. The summed E-state index contributed by atoms with van der Waals surface area (Å²) in [5.41, 5.74) is 1.28. The van der Waals surface area contributed by atoms with E-state index in [2.05, 4.69) is 15.5 Å². The molecule has 24 heavy (non-hydrogen) atoms. The van der Waals surface area contributed by atoms with Crippen molar-refractivity contribution in [2.45, 2.75) is 64.5 Å². The topological polar surface area (TPSA) is 70.7 Å². The van der Waals surface area contributed by atoms with E-state index in [1.165, 1.54) is 38.5 Å². The second kappa shape index (κ2) is 7.55. The first-order valence-electron chi connectivity index (χ1n) is 9.32. The predicted octanol–water partition coefficient (Wildman–Crippen LogP) is 2.16. The molecule has 0 aromatic carbocycles. The van der Waals surface area contributed by atoms with Crippen molar-refractivity contribution in [2.75, 3.05) is 19.7 Å². The molecule has 1 saturated heterocycles. The van der Waals surface area contributed by atoms with Gasteiger partial charge in [0.25, 0.3) is 0 Å². The van der Waals surface area contributed by atoms with Crippen molar-refractivity contribution in [1.29, 1.82) is 0 Å². The van der Waals surface area contributed by atoms with Crippen LogP contribution in [0.4, 0.5) is 4.79 Å². The van der Waals surface area contributed by atoms with Crippen LogP contribution in [0.15, 0.2) is 11.3 Å². The minimum atomic E-state index is -0.330. The zero-order chi connectivity index (χ0) is 17.1. The van der Waals surface area contributed by atoms with Gasteiger partial charge < -0.3 is 15.4 Å². The second-order valence-corrected chi connectivity index (χ2v) is 7.16. The molecule has 2 N–H and O–H groups in total. The molecule has 2 aliphatic heterocycles. The van der Waals surface area contributed by atoms with E-state index in [1.807, 2.05) is 6.92 Å². The Labute approximate surface area is 144 Å². The van der Waals surface area contributed by atoms with Gasteiger partial charge in [-0.15, -0.1) is 0 Å². The Bertz CT molecular complexity index is 526. The molecular formula is C18H29N3O3. The average molecular weight is 335 g/mol. The van der Waals surface area contributed by atoms with E-state index >= 15 is 0 Å². The van der Waals surface area contributed by atoms with E-state index in [-0.39, 0.29) is 18.0 Å². The first-order chi connectivity index (χ1) is 11.6. The molecule has 2 heterocycles. The first-order valence-corrected chi connectivity index (χ1v) is 9.32. The quantitative estimate of drug-likeness (QED) is 0.755. The van der Waals surface area contributed by atoms with Gasteiger partial charge in [-0.05, 0) is 52.0 Å². The van der Waals surface area contributed by atoms with Crippen LogP contribution in [-0.2, 0) is 9.53 Å². The van der Waals surface area contributed by atoms with E-state index in [1.54, 1.807) is 6.92 Å². The summed E-state index contributed by atoms with van der Waals surface area (Å²) in [4.78, 5) is 26.7. The zero-order valence-corrected chi connectivity index (χ0v) is 14.8.